The fraction of sp³-hybridized carbons (Fsp3) is 0.0588. The van der Waals surface area contributed by atoms with Crippen LogP contribution < -0.4 is 0 Å². The molecule has 0 aliphatic heterocycles. The maximum Gasteiger partial charge on any atom is 0.339 e. The van der Waals surface area contributed by atoms with Gasteiger partial charge in [-0.1, -0.05) is 30.3 Å². The first-order chi connectivity index (χ1) is 10.7. The van der Waals surface area contributed by atoms with Gasteiger partial charge in [0.2, 0.25) is 5.78 Å². The third-order valence-corrected chi connectivity index (χ3v) is 4.26. The van der Waals surface area contributed by atoms with Crippen molar-refractivity contribution in [3.8, 4) is 0 Å². The maximum atomic E-state index is 12.2. The molecule has 2 aromatic carbocycles. The van der Waals surface area contributed by atoms with Crippen LogP contribution in [0.4, 0.5) is 0 Å². The van der Waals surface area contributed by atoms with Crippen LogP contribution in [0.15, 0.2) is 54.7 Å². The van der Waals surface area contributed by atoms with Gasteiger partial charge in [0.1, 0.15) is 0 Å². The summed E-state index contributed by atoms with van der Waals surface area (Å²) in [5, 5.41) is 0.831. The van der Waals surface area contributed by atoms with Gasteiger partial charge in [0.05, 0.1) is 5.56 Å². The van der Waals surface area contributed by atoms with Gasteiger partial charge >= 0.3 is 5.97 Å². The van der Waals surface area contributed by atoms with Gasteiger partial charge in [0, 0.05) is 26.2 Å². The fourth-order valence-electron chi connectivity index (χ4n) is 2.22. The molecule has 0 atom stereocenters. The summed E-state index contributed by atoms with van der Waals surface area (Å²) in [7, 11) is 0. The normalized spacial score (nSPS) is 10.6. The lowest BCUT2D eigenvalue weighted by Crippen LogP contribution is -2.14. The number of benzene rings is 2. The summed E-state index contributed by atoms with van der Waals surface area (Å²) in [6, 6.07) is 14.6. The Bertz CT molecular complexity index is 854. The van der Waals surface area contributed by atoms with Crippen molar-refractivity contribution < 1.29 is 14.3 Å². The first kappa shape index (κ1) is 14.8. The number of ketones is 1. The Morgan fingerprint density at radius 1 is 1.00 bits per heavy atom. The topological polar surface area (TPSA) is 59.2 Å². The lowest BCUT2D eigenvalue weighted by atomic mass is 10.1. The average Bonchev–Trinajstić information content (AvgIpc) is 2.97. The van der Waals surface area contributed by atoms with Gasteiger partial charge in [-0.25, -0.2) is 4.79 Å². The summed E-state index contributed by atoms with van der Waals surface area (Å²) in [5.41, 5.74) is 1.88. The number of para-hydroxylation sites is 1. The van der Waals surface area contributed by atoms with Crippen LogP contribution in [0.2, 0.25) is 0 Å². The van der Waals surface area contributed by atoms with Crippen molar-refractivity contribution in [2.24, 2.45) is 0 Å². The molecule has 0 saturated heterocycles. The summed E-state index contributed by atoms with van der Waals surface area (Å²) in [6.07, 6.45) is 1.65. The number of ether oxygens (including phenoxy) is 1. The fourth-order valence-corrected chi connectivity index (χ4v) is 2.82. The zero-order valence-corrected chi connectivity index (χ0v) is 13.7. The van der Waals surface area contributed by atoms with Crippen LogP contribution in [0.5, 0.6) is 0 Å². The second-order valence-electron chi connectivity index (χ2n) is 4.73. The number of hydrogen-bond donors (Lipinski definition) is 1. The molecule has 0 aliphatic carbocycles. The number of halogens is 1. The number of hydrogen-bond acceptors (Lipinski definition) is 3. The van der Waals surface area contributed by atoms with E-state index in [1.165, 1.54) is 0 Å². The van der Waals surface area contributed by atoms with Crippen molar-refractivity contribution in [3.05, 3.63) is 69.4 Å². The van der Waals surface area contributed by atoms with Crippen LogP contribution in [0.25, 0.3) is 10.9 Å². The van der Waals surface area contributed by atoms with Crippen LogP contribution >= 0.6 is 22.6 Å². The highest BCUT2D eigenvalue weighted by molar-refractivity contribution is 14.1. The van der Waals surface area contributed by atoms with Gasteiger partial charge in [-0.3, -0.25) is 4.79 Å². The molecule has 22 heavy (non-hydrogen) atoms. The third-order valence-electron chi connectivity index (χ3n) is 3.32. The zero-order chi connectivity index (χ0) is 15.5. The largest absolute Gasteiger partial charge is 0.454 e. The molecular weight excluding hydrogens is 393 g/mol. The van der Waals surface area contributed by atoms with Gasteiger partial charge < -0.3 is 9.72 Å². The Hall–Kier alpha value is -2.15. The summed E-state index contributed by atoms with van der Waals surface area (Å²) < 4.78 is 5.93. The molecule has 1 aromatic heterocycles. The number of rotatable bonds is 4. The number of nitrogens with one attached hydrogen (secondary N) is 1. The molecule has 1 heterocycles. The molecule has 0 fully saturated rings. The van der Waals surface area contributed by atoms with Crippen molar-refractivity contribution >= 4 is 45.2 Å². The zero-order valence-electron chi connectivity index (χ0n) is 11.5. The van der Waals surface area contributed by atoms with E-state index >= 15 is 0 Å². The van der Waals surface area contributed by atoms with E-state index < -0.39 is 5.97 Å². The minimum absolute atomic E-state index is 0.225. The summed E-state index contributed by atoms with van der Waals surface area (Å²) in [5.74, 6) is -0.713. The van der Waals surface area contributed by atoms with Crippen molar-refractivity contribution in [1.82, 2.24) is 4.98 Å². The molecule has 0 aliphatic rings. The molecule has 110 valence electrons. The van der Waals surface area contributed by atoms with E-state index in [0.29, 0.717) is 11.1 Å². The van der Waals surface area contributed by atoms with E-state index in [1.807, 2.05) is 36.4 Å². The molecule has 0 amide bonds. The highest BCUT2D eigenvalue weighted by Gasteiger charge is 2.16. The quantitative estimate of drug-likeness (QED) is 0.408. The SMILES string of the molecule is O=C(OCC(=O)c1c[nH]c2ccccc12)c1ccccc1I. The van der Waals surface area contributed by atoms with E-state index in [1.54, 1.807) is 18.3 Å². The molecule has 0 radical (unpaired) electrons. The number of carbonyl (C=O) groups excluding carboxylic acids is 2. The number of aromatic amines is 1. The van der Waals surface area contributed by atoms with Crippen molar-refractivity contribution in [3.63, 3.8) is 0 Å². The minimum Gasteiger partial charge on any atom is -0.454 e. The van der Waals surface area contributed by atoms with Crippen LogP contribution in [0.3, 0.4) is 0 Å². The van der Waals surface area contributed by atoms with Gasteiger partial charge in [-0.2, -0.15) is 0 Å². The van der Waals surface area contributed by atoms with Crippen molar-refractivity contribution in [2.45, 2.75) is 0 Å². The Labute approximate surface area is 140 Å². The standard InChI is InChI=1S/C17H12INO3/c18-14-7-3-1-6-12(14)17(21)22-10-16(20)13-9-19-15-8-4-2-5-11(13)15/h1-9,19H,10H2. The maximum absolute atomic E-state index is 12.2. The van der Waals surface area contributed by atoms with Gasteiger partial charge in [-0.05, 0) is 40.8 Å². The highest BCUT2D eigenvalue weighted by Crippen LogP contribution is 2.18. The predicted molar refractivity (Wildman–Crippen MR) is 92.1 cm³/mol. The number of H-pyrrole nitrogens is 1. The Kier molecular flexibility index (Phi) is 4.24. The van der Waals surface area contributed by atoms with Crippen LogP contribution in [-0.2, 0) is 4.74 Å². The second-order valence-corrected chi connectivity index (χ2v) is 5.89. The van der Waals surface area contributed by atoms with Gasteiger partial charge in [-0.15, -0.1) is 0 Å². The number of esters is 1. The number of fused-ring (bicyclic) bond motifs is 1. The molecule has 0 spiro atoms. The van der Waals surface area contributed by atoms with Gasteiger partial charge in [0.15, 0.2) is 6.61 Å². The third kappa shape index (κ3) is 2.89. The molecule has 1 N–H and O–H groups in total. The number of aromatic nitrogens is 1. The smallest absolute Gasteiger partial charge is 0.339 e. The van der Waals surface area contributed by atoms with Crippen LogP contribution in [0.1, 0.15) is 20.7 Å². The predicted octanol–water partition coefficient (Wildman–Crippen LogP) is 3.81. The Morgan fingerprint density at radius 2 is 1.73 bits per heavy atom. The van der Waals surface area contributed by atoms with Crippen molar-refractivity contribution in [1.29, 1.82) is 0 Å². The molecule has 4 nitrogen and oxygen atoms in total. The molecule has 0 unspecified atom stereocenters. The monoisotopic (exact) mass is 405 g/mol. The Morgan fingerprint density at radius 3 is 2.55 bits per heavy atom. The highest BCUT2D eigenvalue weighted by atomic mass is 127. The first-order valence-electron chi connectivity index (χ1n) is 6.68. The molecule has 3 aromatic rings. The van der Waals surface area contributed by atoms with E-state index in [4.69, 9.17) is 4.74 Å². The molecule has 0 bridgehead atoms. The average molecular weight is 405 g/mol. The molecule has 0 saturated carbocycles. The van der Waals surface area contributed by atoms with E-state index in [2.05, 4.69) is 27.6 Å². The van der Waals surface area contributed by atoms with Gasteiger partial charge in [0.25, 0.3) is 0 Å². The lowest BCUT2D eigenvalue weighted by molar-refractivity contribution is 0.0474. The van der Waals surface area contributed by atoms with E-state index in [9.17, 15) is 9.59 Å². The second kappa shape index (κ2) is 6.31. The Balaban J connectivity index is 1.73. The van der Waals surface area contributed by atoms with Crippen LogP contribution in [0, 0.1) is 3.57 Å². The molecule has 3 rings (SSSR count). The molecule has 5 heteroatoms. The number of Topliss-reactive ketones (excluding diaryl/α,β-unsaturated/α-hetero) is 1. The first-order valence-corrected chi connectivity index (χ1v) is 7.75. The van der Waals surface area contributed by atoms with Crippen molar-refractivity contribution in [2.75, 3.05) is 6.61 Å². The van der Waals surface area contributed by atoms with E-state index in [0.717, 1.165) is 14.5 Å². The molecular formula is C17H12INO3. The van der Waals surface area contributed by atoms with E-state index in [-0.39, 0.29) is 12.4 Å². The lowest BCUT2D eigenvalue weighted by Gasteiger charge is -2.05. The minimum atomic E-state index is -0.488. The summed E-state index contributed by atoms with van der Waals surface area (Å²) >= 11 is 2.06. The van der Waals surface area contributed by atoms with Crippen LogP contribution in [-0.4, -0.2) is 23.3 Å². The summed E-state index contributed by atoms with van der Waals surface area (Å²) in [4.78, 5) is 27.3. The number of carbonyl (C=O) groups is 2. The summed E-state index contributed by atoms with van der Waals surface area (Å²) in [6.45, 7) is -0.272.